The summed E-state index contributed by atoms with van der Waals surface area (Å²) in [4.78, 5) is 0.237. The Morgan fingerprint density at radius 1 is 1.11 bits per heavy atom. The Morgan fingerprint density at radius 3 is 2.44 bits per heavy atom. The molecule has 0 saturated heterocycles. The number of halogens is 3. The van der Waals surface area contributed by atoms with E-state index in [0.717, 1.165) is 16.5 Å². The lowest BCUT2D eigenvalue weighted by Crippen LogP contribution is -1.98. The Morgan fingerprint density at radius 2 is 1.78 bits per heavy atom. The Hall–Kier alpha value is -0.670. The summed E-state index contributed by atoms with van der Waals surface area (Å²) in [6, 6.07) is 12.9. The van der Waals surface area contributed by atoms with Crippen molar-refractivity contribution in [2.75, 3.05) is 0 Å². The molecule has 0 aromatic heterocycles. The standard InChI is InChI=1S/C15H13Br2F/c1-10-2-5-12(16)9-14(10)15(17)8-11-3-6-13(18)7-4-11/h2-7,9,15H,8H2,1H3. The minimum absolute atomic E-state index is 0.191. The highest BCUT2D eigenvalue weighted by Gasteiger charge is 2.11. The Balaban J connectivity index is 2.18. The lowest BCUT2D eigenvalue weighted by molar-refractivity contribution is 0.627. The van der Waals surface area contributed by atoms with Gasteiger partial charge in [-0.3, -0.25) is 0 Å². The average Bonchev–Trinajstić information content (AvgIpc) is 2.35. The molecule has 0 saturated carbocycles. The van der Waals surface area contributed by atoms with Crippen molar-refractivity contribution in [1.82, 2.24) is 0 Å². The van der Waals surface area contributed by atoms with E-state index < -0.39 is 0 Å². The Bertz CT molecular complexity index is 535. The van der Waals surface area contributed by atoms with Crippen molar-refractivity contribution in [1.29, 1.82) is 0 Å². The first-order valence-corrected chi connectivity index (χ1v) is 7.41. The van der Waals surface area contributed by atoms with Crippen molar-refractivity contribution < 1.29 is 4.39 Å². The molecule has 0 aliphatic rings. The van der Waals surface area contributed by atoms with E-state index in [-0.39, 0.29) is 10.6 Å². The van der Waals surface area contributed by atoms with Crippen LogP contribution in [0.25, 0.3) is 0 Å². The van der Waals surface area contributed by atoms with Crippen molar-refractivity contribution in [3.63, 3.8) is 0 Å². The van der Waals surface area contributed by atoms with Crippen LogP contribution >= 0.6 is 31.9 Å². The van der Waals surface area contributed by atoms with Crippen LogP contribution in [0.3, 0.4) is 0 Å². The van der Waals surface area contributed by atoms with Gasteiger partial charge in [-0.15, -0.1) is 0 Å². The number of benzene rings is 2. The molecular weight excluding hydrogens is 359 g/mol. The van der Waals surface area contributed by atoms with Gasteiger partial charge >= 0.3 is 0 Å². The molecule has 1 atom stereocenters. The molecule has 0 fully saturated rings. The van der Waals surface area contributed by atoms with Gasteiger partial charge < -0.3 is 0 Å². The largest absolute Gasteiger partial charge is 0.207 e. The van der Waals surface area contributed by atoms with Crippen LogP contribution in [0.2, 0.25) is 0 Å². The van der Waals surface area contributed by atoms with Gasteiger partial charge in [-0.1, -0.05) is 50.1 Å². The molecule has 2 aromatic rings. The van der Waals surface area contributed by atoms with Gasteiger partial charge in [-0.25, -0.2) is 4.39 Å². The van der Waals surface area contributed by atoms with Crippen LogP contribution in [0.15, 0.2) is 46.9 Å². The van der Waals surface area contributed by atoms with Gasteiger partial charge in [-0.05, 0) is 54.3 Å². The van der Waals surface area contributed by atoms with Crippen LogP contribution in [-0.2, 0) is 6.42 Å². The third kappa shape index (κ3) is 3.42. The Kier molecular flexibility index (Phi) is 4.57. The summed E-state index contributed by atoms with van der Waals surface area (Å²) >= 11 is 7.20. The second kappa shape index (κ2) is 5.98. The number of hydrogen-bond donors (Lipinski definition) is 0. The van der Waals surface area contributed by atoms with Crippen LogP contribution < -0.4 is 0 Å². The van der Waals surface area contributed by atoms with Crippen molar-refractivity contribution in [2.24, 2.45) is 0 Å². The van der Waals surface area contributed by atoms with E-state index in [1.807, 2.05) is 18.2 Å². The van der Waals surface area contributed by atoms with E-state index in [1.54, 1.807) is 0 Å². The first-order valence-electron chi connectivity index (χ1n) is 5.71. The number of hydrogen-bond acceptors (Lipinski definition) is 0. The van der Waals surface area contributed by atoms with Gasteiger partial charge in [0, 0.05) is 9.30 Å². The van der Waals surface area contributed by atoms with Crippen LogP contribution in [0.5, 0.6) is 0 Å². The van der Waals surface area contributed by atoms with Gasteiger partial charge in [0.15, 0.2) is 0 Å². The zero-order chi connectivity index (χ0) is 13.1. The molecule has 0 amide bonds. The van der Waals surface area contributed by atoms with Gasteiger partial charge in [0.2, 0.25) is 0 Å². The van der Waals surface area contributed by atoms with Crippen LogP contribution in [0.4, 0.5) is 4.39 Å². The molecule has 18 heavy (non-hydrogen) atoms. The van der Waals surface area contributed by atoms with Crippen LogP contribution in [0.1, 0.15) is 21.5 Å². The fourth-order valence-corrected chi connectivity index (χ4v) is 3.13. The van der Waals surface area contributed by atoms with Gasteiger partial charge in [0.05, 0.1) is 0 Å². The van der Waals surface area contributed by atoms with Crippen molar-refractivity contribution in [3.05, 3.63) is 69.4 Å². The van der Waals surface area contributed by atoms with E-state index in [9.17, 15) is 4.39 Å². The molecule has 94 valence electrons. The molecule has 3 heteroatoms. The third-order valence-corrected chi connectivity index (χ3v) is 4.22. The summed E-state index contributed by atoms with van der Waals surface area (Å²) < 4.78 is 13.9. The normalized spacial score (nSPS) is 12.4. The van der Waals surface area contributed by atoms with E-state index in [1.165, 1.54) is 23.3 Å². The molecule has 0 bridgehead atoms. The monoisotopic (exact) mass is 370 g/mol. The fourth-order valence-electron chi connectivity index (χ4n) is 1.89. The summed E-state index contributed by atoms with van der Waals surface area (Å²) in [6.45, 7) is 2.10. The van der Waals surface area contributed by atoms with Gasteiger partial charge in [0.25, 0.3) is 0 Å². The summed E-state index contributed by atoms with van der Waals surface area (Å²) in [5.41, 5.74) is 3.63. The van der Waals surface area contributed by atoms with E-state index >= 15 is 0 Å². The molecule has 0 radical (unpaired) electrons. The summed E-state index contributed by atoms with van der Waals surface area (Å²) in [6.07, 6.45) is 0.845. The van der Waals surface area contributed by atoms with Crippen molar-refractivity contribution in [2.45, 2.75) is 18.2 Å². The molecule has 1 unspecified atom stereocenters. The second-order valence-electron chi connectivity index (χ2n) is 4.30. The topological polar surface area (TPSA) is 0 Å². The average molecular weight is 372 g/mol. The zero-order valence-corrected chi connectivity index (χ0v) is 13.1. The quantitative estimate of drug-likeness (QED) is 0.618. The van der Waals surface area contributed by atoms with Crippen molar-refractivity contribution in [3.8, 4) is 0 Å². The van der Waals surface area contributed by atoms with E-state index in [2.05, 4.69) is 50.9 Å². The number of rotatable bonds is 3. The van der Waals surface area contributed by atoms with Gasteiger partial charge in [0.1, 0.15) is 5.82 Å². The smallest absolute Gasteiger partial charge is 0.123 e. The summed E-state index contributed by atoms with van der Waals surface area (Å²) in [5, 5.41) is 0. The zero-order valence-electron chi connectivity index (χ0n) is 9.96. The maximum absolute atomic E-state index is 12.8. The van der Waals surface area contributed by atoms with E-state index in [0.29, 0.717) is 0 Å². The molecule has 0 N–H and O–H groups in total. The molecular formula is C15H13Br2F. The molecule has 2 aromatic carbocycles. The number of aryl methyl sites for hydroxylation is 1. The first-order chi connectivity index (χ1) is 8.56. The second-order valence-corrected chi connectivity index (χ2v) is 6.32. The predicted octanol–water partition coefficient (Wildman–Crippen LogP) is 5.58. The van der Waals surface area contributed by atoms with Gasteiger partial charge in [-0.2, -0.15) is 0 Å². The predicted molar refractivity (Wildman–Crippen MR) is 80.7 cm³/mol. The first kappa shape index (κ1) is 13.8. The maximum Gasteiger partial charge on any atom is 0.123 e. The van der Waals surface area contributed by atoms with E-state index in [4.69, 9.17) is 0 Å². The van der Waals surface area contributed by atoms with Crippen LogP contribution in [-0.4, -0.2) is 0 Å². The molecule has 0 aliphatic carbocycles. The summed E-state index contributed by atoms with van der Waals surface area (Å²) in [5.74, 6) is -0.191. The highest BCUT2D eigenvalue weighted by Crippen LogP contribution is 2.31. The Labute approximate surface area is 123 Å². The lowest BCUT2D eigenvalue weighted by atomic mass is 10.0. The maximum atomic E-state index is 12.8. The lowest BCUT2D eigenvalue weighted by Gasteiger charge is -2.13. The minimum atomic E-state index is -0.191. The SMILES string of the molecule is Cc1ccc(Br)cc1C(Br)Cc1ccc(F)cc1. The third-order valence-electron chi connectivity index (χ3n) is 2.91. The highest BCUT2D eigenvalue weighted by atomic mass is 79.9. The minimum Gasteiger partial charge on any atom is -0.207 e. The summed E-state index contributed by atoms with van der Waals surface area (Å²) in [7, 11) is 0. The number of alkyl halides is 1. The molecule has 0 spiro atoms. The molecule has 0 heterocycles. The highest BCUT2D eigenvalue weighted by molar-refractivity contribution is 9.10. The fraction of sp³-hybridized carbons (Fsp3) is 0.200. The molecule has 0 aliphatic heterocycles. The van der Waals surface area contributed by atoms with Crippen molar-refractivity contribution >= 4 is 31.9 Å². The molecule has 2 rings (SSSR count). The molecule has 0 nitrogen and oxygen atoms in total. The van der Waals surface area contributed by atoms with Crippen LogP contribution in [0, 0.1) is 12.7 Å².